The minimum absolute atomic E-state index is 0.688. The molecule has 1 heterocycles. The quantitative estimate of drug-likeness (QED) is 0.303. The van der Waals surface area contributed by atoms with E-state index in [-0.39, 0.29) is 0 Å². The van der Waals surface area contributed by atoms with Crippen LogP contribution in [0.4, 0.5) is 0 Å². The molecule has 3 aromatic carbocycles. The second-order valence-corrected chi connectivity index (χ2v) is 8.06. The molecule has 0 fully saturated rings. The van der Waals surface area contributed by atoms with Gasteiger partial charge in [-0.05, 0) is 47.5 Å². The molecule has 0 radical (unpaired) electrons. The van der Waals surface area contributed by atoms with E-state index < -0.39 is 0 Å². The van der Waals surface area contributed by atoms with Gasteiger partial charge >= 0.3 is 0 Å². The Morgan fingerprint density at radius 3 is 2.28 bits per heavy atom. The summed E-state index contributed by atoms with van der Waals surface area (Å²) in [6.07, 6.45) is 4.00. The van der Waals surface area contributed by atoms with Gasteiger partial charge in [0, 0.05) is 21.5 Å². The van der Waals surface area contributed by atoms with Gasteiger partial charge in [0.25, 0.3) is 0 Å². The lowest BCUT2D eigenvalue weighted by Gasteiger charge is -2.09. The van der Waals surface area contributed by atoms with E-state index >= 15 is 0 Å². The Morgan fingerprint density at radius 1 is 0.793 bits per heavy atom. The minimum Gasteiger partial charge on any atom is -0.271 e. The van der Waals surface area contributed by atoms with Gasteiger partial charge in [-0.15, -0.1) is 10.2 Å². The van der Waals surface area contributed by atoms with Gasteiger partial charge in [0.15, 0.2) is 11.0 Å². The van der Waals surface area contributed by atoms with Crippen LogP contribution in [0.5, 0.6) is 0 Å². The average Bonchev–Trinajstić information content (AvgIpc) is 3.16. The SMILES string of the molecule is Clc1ccc(-n2c(C=Cc3ccccc3)nnc2SCc2ccccc2Cl)cc1. The smallest absolute Gasteiger partial charge is 0.196 e. The molecule has 0 bridgehead atoms. The third kappa shape index (κ3) is 4.91. The molecule has 4 rings (SSSR count). The van der Waals surface area contributed by atoms with Crippen molar-refractivity contribution < 1.29 is 0 Å². The summed E-state index contributed by atoms with van der Waals surface area (Å²) in [6.45, 7) is 0. The summed E-state index contributed by atoms with van der Waals surface area (Å²) >= 11 is 14.0. The van der Waals surface area contributed by atoms with E-state index in [1.165, 1.54) is 0 Å². The van der Waals surface area contributed by atoms with Crippen molar-refractivity contribution in [3.63, 3.8) is 0 Å². The first-order chi connectivity index (χ1) is 14.2. The summed E-state index contributed by atoms with van der Waals surface area (Å²) < 4.78 is 2.03. The van der Waals surface area contributed by atoms with Crippen LogP contribution in [0.1, 0.15) is 17.0 Å². The number of aromatic nitrogens is 3. The fraction of sp³-hybridized carbons (Fsp3) is 0.0435. The van der Waals surface area contributed by atoms with E-state index in [0.717, 1.165) is 32.8 Å². The topological polar surface area (TPSA) is 30.7 Å². The van der Waals surface area contributed by atoms with Crippen molar-refractivity contribution in [2.45, 2.75) is 10.9 Å². The van der Waals surface area contributed by atoms with Crippen molar-refractivity contribution in [1.29, 1.82) is 0 Å². The summed E-state index contributed by atoms with van der Waals surface area (Å²) in [7, 11) is 0. The van der Waals surface area contributed by atoms with Gasteiger partial charge < -0.3 is 0 Å². The van der Waals surface area contributed by atoms with Crippen LogP contribution in [0.25, 0.3) is 17.8 Å². The molecule has 0 amide bonds. The maximum Gasteiger partial charge on any atom is 0.196 e. The molecule has 6 heteroatoms. The number of benzene rings is 3. The van der Waals surface area contributed by atoms with Crippen LogP contribution in [-0.2, 0) is 5.75 Å². The Morgan fingerprint density at radius 2 is 1.52 bits per heavy atom. The number of hydrogen-bond acceptors (Lipinski definition) is 3. The largest absolute Gasteiger partial charge is 0.271 e. The standard InChI is InChI=1S/C23H17Cl2N3S/c24-19-11-13-20(14-12-19)28-22(15-10-17-6-2-1-3-7-17)26-27-23(28)29-16-18-8-4-5-9-21(18)25/h1-15H,16H2. The van der Waals surface area contributed by atoms with Crippen molar-refractivity contribution in [1.82, 2.24) is 14.8 Å². The zero-order valence-electron chi connectivity index (χ0n) is 15.4. The summed E-state index contributed by atoms with van der Waals surface area (Å²) in [4.78, 5) is 0. The Bertz CT molecular complexity index is 1120. The number of rotatable bonds is 6. The van der Waals surface area contributed by atoms with Crippen LogP contribution in [0.15, 0.2) is 84.0 Å². The van der Waals surface area contributed by atoms with Gasteiger partial charge in [-0.2, -0.15) is 0 Å². The molecule has 0 N–H and O–H groups in total. The lowest BCUT2D eigenvalue weighted by atomic mass is 10.2. The fourth-order valence-corrected chi connectivity index (χ4v) is 4.18. The van der Waals surface area contributed by atoms with Gasteiger partial charge in [-0.1, -0.05) is 89.6 Å². The summed E-state index contributed by atoms with van der Waals surface area (Å²) in [5.74, 6) is 1.45. The third-order valence-corrected chi connectivity index (χ3v) is 5.88. The van der Waals surface area contributed by atoms with Gasteiger partial charge in [0.05, 0.1) is 0 Å². The molecule has 0 atom stereocenters. The van der Waals surface area contributed by atoms with E-state index in [2.05, 4.69) is 10.2 Å². The highest BCUT2D eigenvalue weighted by molar-refractivity contribution is 7.98. The molecule has 0 spiro atoms. The fourth-order valence-electron chi connectivity index (χ4n) is 2.81. The van der Waals surface area contributed by atoms with E-state index in [1.54, 1.807) is 11.8 Å². The summed E-state index contributed by atoms with van der Waals surface area (Å²) in [6, 6.07) is 25.6. The maximum absolute atomic E-state index is 6.31. The molecule has 144 valence electrons. The summed E-state index contributed by atoms with van der Waals surface area (Å²) in [5.41, 5.74) is 3.11. The molecular weight excluding hydrogens is 421 g/mol. The van der Waals surface area contributed by atoms with E-state index in [9.17, 15) is 0 Å². The average molecular weight is 438 g/mol. The first-order valence-corrected chi connectivity index (χ1v) is 10.8. The zero-order valence-corrected chi connectivity index (χ0v) is 17.7. The Balaban J connectivity index is 1.67. The molecule has 0 aliphatic carbocycles. The van der Waals surface area contributed by atoms with Gasteiger partial charge in [0.1, 0.15) is 0 Å². The second-order valence-electron chi connectivity index (χ2n) is 6.28. The highest BCUT2D eigenvalue weighted by atomic mass is 35.5. The van der Waals surface area contributed by atoms with Crippen molar-refractivity contribution in [2.75, 3.05) is 0 Å². The highest BCUT2D eigenvalue weighted by Gasteiger charge is 2.13. The number of thioether (sulfide) groups is 1. The van der Waals surface area contributed by atoms with Crippen LogP contribution in [0.2, 0.25) is 10.0 Å². The monoisotopic (exact) mass is 437 g/mol. The van der Waals surface area contributed by atoms with E-state index in [1.807, 2.05) is 95.6 Å². The van der Waals surface area contributed by atoms with Crippen LogP contribution in [0, 0.1) is 0 Å². The predicted molar refractivity (Wildman–Crippen MR) is 123 cm³/mol. The summed E-state index contributed by atoms with van der Waals surface area (Å²) in [5, 5.41) is 11.1. The normalized spacial score (nSPS) is 11.2. The van der Waals surface area contributed by atoms with Crippen LogP contribution in [-0.4, -0.2) is 14.8 Å². The van der Waals surface area contributed by atoms with Crippen molar-refractivity contribution in [2.24, 2.45) is 0 Å². The Kier molecular flexibility index (Phi) is 6.35. The lowest BCUT2D eigenvalue weighted by molar-refractivity contribution is 0.880. The lowest BCUT2D eigenvalue weighted by Crippen LogP contribution is -1.99. The number of hydrogen-bond donors (Lipinski definition) is 0. The van der Waals surface area contributed by atoms with Gasteiger partial charge in [-0.3, -0.25) is 4.57 Å². The highest BCUT2D eigenvalue weighted by Crippen LogP contribution is 2.29. The number of nitrogens with zero attached hydrogens (tertiary/aromatic N) is 3. The van der Waals surface area contributed by atoms with E-state index in [4.69, 9.17) is 23.2 Å². The molecule has 0 saturated carbocycles. The van der Waals surface area contributed by atoms with Crippen LogP contribution >= 0.6 is 35.0 Å². The first kappa shape index (κ1) is 19.8. The first-order valence-electron chi connectivity index (χ1n) is 9.01. The second kappa shape index (κ2) is 9.31. The molecule has 3 nitrogen and oxygen atoms in total. The molecule has 0 unspecified atom stereocenters. The van der Waals surface area contributed by atoms with Gasteiger partial charge in [0.2, 0.25) is 0 Å². The van der Waals surface area contributed by atoms with Crippen molar-refractivity contribution in [3.05, 3.63) is 106 Å². The van der Waals surface area contributed by atoms with E-state index in [0.29, 0.717) is 10.8 Å². The molecule has 29 heavy (non-hydrogen) atoms. The van der Waals surface area contributed by atoms with Crippen molar-refractivity contribution >= 4 is 47.1 Å². The molecule has 4 aromatic rings. The zero-order chi connectivity index (χ0) is 20.1. The Hall–Kier alpha value is -2.53. The molecule has 1 aromatic heterocycles. The van der Waals surface area contributed by atoms with Crippen molar-refractivity contribution in [3.8, 4) is 5.69 Å². The molecular formula is C23H17Cl2N3S. The van der Waals surface area contributed by atoms with Crippen LogP contribution in [0.3, 0.4) is 0 Å². The Labute approximate surface area is 184 Å². The number of halogens is 2. The molecule has 0 aliphatic heterocycles. The molecule has 0 aliphatic rings. The minimum atomic E-state index is 0.688. The maximum atomic E-state index is 6.31. The molecule has 0 saturated heterocycles. The third-order valence-electron chi connectivity index (χ3n) is 4.28. The predicted octanol–water partition coefficient (Wildman–Crippen LogP) is 7.04. The van der Waals surface area contributed by atoms with Gasteiger partial charge in [-0.25, -0.2) is 0 Å². The van der Waals surface area contributed by atoms with Crippen LogP contribution < -0.4 is 0 Å².